The normalized spacial score (nSPS) is 25.2. The molecule has 0 bridgehead atoms. The van der Waals surface area contributed by atoms with E-state index in [4.69, 9.17) is 0 Å². The molecule has 1 aliphatic heterocycles. The smallest absolute Gasteiger partial charge is 0.345 e. The Balaban J connectivity index is 1.91. The monoisotopic (exact) mass is 376 g/mol. The number of carbonyl (C=O) groups excluding carboxylic acids is 1. The predicted molar refractivity (Wildman–Crippen MR) is 85.9 cm³/mol. The van der Waals surface area contributed by atoms with E-state index >= 15 is 0 Å². The van der Waals surface area contributed by atoms with E-state index in [1.54, 1.807) is 0 Å². The highest BCUT2D eigenvalue weighted by Crippen LogP contribution is 2.48. The largest absolute Gasteiger partial charge is 0.416 e. The van der Waals surface area contributed by atoms with Crippen molar-refractivity contribution in [3.8, 4) is 0 Å². The van der Waals surface area contributed by atoms with Crippen LogP contribution < -0.4 is 10.6 Å². The highest BCUT2D eigenvalue weighted by Gasteiger charge is 2.48. The van der Waals surface area contributed by atoms with Crippen molar-refractivity contribution < 1.29 is 26.7 Å². The highest BCUT2D eigenvalue weighted by molar-refractivity contribution is 5.83. The van der Waals surface area contributed by atoms with E-state index in [9.17, 15) is 26.7 Å². The molecule has 2 atom stereocenters. The van der Waals surface area contributed by atoms with E-state index in [1.807, 2.05) is 0 Å². The molecule has 2 aliphatic rings. The summed E-state index contributed by atoms with van der Waals surface area (Å²) in [6.45, 7) is 2.46. The zero-order valence-corrected chi connectivity index (χ0v) is 14.5. The second-order valence-electron chi connectivity index (χ2n) is 7.63. The Bertz CT molecular complexity index is 674. The van der Waals surface area contributed by atoms with E-state index in [2.05, 4.69) is 10.6 Å². The molecule has 2 fully saturated rings. The molecule has 0 spiro atoms. The molecule has 2 N–H and O–H groups in total. The number of hydrogen-bond acceptors (Lipinski definition) is 2. The van der Waals surface area contributed by atoms with Crippen LogP contribution in [0.4, 0.5) is 22.0 Å². The molecule has 3 nitrogen and oxygen atoms in total. The van der Waals surface area contributed by atoms with Crippen molar-refractivity contribution in [3.63, 3.8) is 0 Å². The molecule has 0 aromatic heterocycles. The van der Waals surface area contributed by atoms with Gasteiger partial charge in [-0.15, -0.1) is 0 Å². The van der Waals surface area contributed by atoms with Gasteiger partial charge in [0.1, 0.15) is 11.8 Å². The fraction of sp³-hybridized carbons (Fsp3) is 0.611. The maximum absolute atomic E-state index is 14.3. The van der Waals surface area contributed by atoms with Crippen molar-refractivity contribution in [2.45, 2.75) is 62.7 Å². The molecular weight excluding hydrogens is 355 g/mol. The summed E-state index contributed by atoms with van der Waals surface area (Å²) in [6, 6.07) is 2.43. The van der Waals surface area contributed by atoms with Crippen LogP contribution in [-0.4, -0.2) is 24.7 Å². The van der Waals surface area contributed by atoms with Crippen LogP contribution in [0.3, 0.4) is 0 Å². The minimum absolute atomic E-state index is 0.0350. The summed E-state index contributed by atoms with van der Waals surface area (Å²) in [4.78, 5) is 12.3. The Labute approximate surface area is 148 Å². The third-order valence-electron chi connectivity index (χ3n) is 5.01. The van der Waals surface area contributed by atoms with Crippen LogP contribution in [0.1, 0.15) is 49.8 Å². The van der Waals surface area contributed by atoms with Gasteiger partial charge in [-0.05, 0) is 49.9 Å². The van der Waals surface area contributed by atoms with Gasteiger partial charge in [0.25, 0.3) is 0 Å². The van der Waals surface area contributed by atoms with E-state index in [0.717, 1.165) is 12.1 Å². The van der Waals surface area contributed by atoms with Crippen LogP contribution in [0.15, 0.2) is 18.2 Å². The molecule has 1 aromatic rings. The molecular formula is C18H21F5N2O. The van der Waals surface area contributed by atoms with Crippen LogP contribution in [0.2, 0.25) is 0 Å². The molecule has 144 valence electrons. The van der Waals surface area contributed by atoms with Gasteiger partial charge in [-0.2, -0.15) is 13.2 Å². The number of benzene rings is 1. The van der Waals surface area contributed by atoms with Gasteiger partial charge in [0.15, 0.2) is 0 Å². The van der Waals surface area contributed by atoms with Gasteiger partial charge in [-0.3, -0.25) is 4.79 Å². The fourth-order valence-corrected chi connectivity index (χ4v) is 3.24. The van der Waals surface area contributed by atoms with Crippen molar-refractivity contribution in [3.05, 3.63) is 34.9 Å². The molecule has 26 heavy (non-hydrogen) atoms. The summed E-state index contributed by atoms with van der Waals surface area (Å²) in [5.74, 6) is -0.443. The Morgan fingerprint density at radius 1 is 1.15 bits per heavy atom. The first kappa shape index (κ1) is 19.1. The molecule has 1 saturated carbocycles. The van der Waals surface area contributed by atoms with Crippen molar-refractivity contribution in [2.75, 3.05) is 6.54 Å². The summed E-state index contributed by atoms with van der Waals surface area (Å²) in [5, 5.41) is 5.50. The molecule has 1 aliphatic carbocycles. The average Bonchev–Trinajstić information content (AvgIpc) is 3.17. The number of amides is 1. The first-order chi connectivity index (χ1) is 11.9. The number of carbonyl (C=O) groups is 1. The number of nitrogens with one attached hydrogen (secondary N) is 2. The summed E-state index contributed by atoms with van der Waals surface area (Å²) in [5.41, 5.74) is -3.71. The predicted octanol–water partition coefficient (Wildman–Crippen LogP) is 3.72. The maximum atomic E-state index is 14.3. The molecule has 1 heterocycles. The van der Waals surface area contributed by atoms with Gasteiger partial charge in [0.2, 0.25) is 5.91 Å². The van der Waals surface area contributed by atoms with Crippen molar-refractivity contribution in [2.24, 2.45) is 0 Å². The van der Waals surface area contributed by atoms with Crippen molar-refractivity contribution in [1.29, 1.82) is 0 Å². The average molecular weight is 376 g/mol. The van der Waals surface area contributed by atoms with E-state index < -0.39 is 41.1 Å². The van der Waals surface area contributed by atoms with Crippen LogP contribution >= 0.6 is 0 Å². The molecule has 8 heteroatoms. The topological polar surface area (TPSA) is 41.1 Å². The first-order valence-electron chi connectivity index (χ1n) is 8.52. The fourth-order valence-electron chi connectivity index (χ4n) is 3.24. The van der Waals surface area contributed by atoms with Gasteiger partial charge in [-0.1, -0.05) is 6.07 Å². The third-order valence-corrected chi connectivity index (χ3v) is 5.01. The third kappa shape index (κ3) is 3.84. The number of rotatable bonds is 4. The number of halogens is 5. The first-order valence-corrected chi connectivity index (χ1v) is 8.52. The molecule has 0 radical (unpaired) electrons. The number of hydrogen-bond donors (Lipinski definition) is 2. The van der Waals surface area contributed by atoms with Crippen LogP contribution in [-0.2, 0) is 22.2 Å². The van der Waals surface area contributed by atoms with Gasteiger partial charge in [0, 0.05) is 13.0 Å². The van der Waals surface area contributed by atoms with E-state index in [0.29, 0.717) is 12.8 Å². The quantitative estimate of drug-likeness (QED) is 0.787. The second kappa shape index (κ2) is 6.18. The SMILES string of the molecule is CC(C)(F)c1cc(C(F)(F)F)cc(C2(NC(=O)[C@H]3C[C@H](F)CN3)CC2)c1. The second-order valence-corrected chi connectivity index (χ2v) is 7.63. The summed E-state index contributed by atoms with van der Waals surface area (Å²) in [7, 11) is 0. The molecule has 3 rings (SSSR count). The van der Waals surface area contributed by atoms with Gasteiger partial charge < -0.3 is 10.6 Å². The standard InChI is InChI=1S/C18H21F5N2O/c1-16(2,20)10-5-11(7-12(6-10)18(21,22)23)17(3-4-17)25-15(26)14-8-13(19)9-24-14/h5-7,13-14,24H,3-4,8-9H2,1-2H3,(H,25,26)/t13-,14+/m0/s1. The Hall–Kier alpha value is -1.70. The Morgan fingerprint density at radius 3 is 2.23 bits per heavy atom. The van der Waals surface area contributed by atoms with Crippen molar-refractivity contribution in [1.82, 2.24) is 10.6 Å². The van der Waals surface area contributed by atoms with Crippen LogP contribution in [0, 0.1) is 0 Å². The molecule has 1 amide bonds. The van der Waals surface area contributed by atoms with Gasteiger partial charge in [0.05, 0.1) is 17.1 Å². The molecule has 1 aromatic carbocycles. The summed E-state index contributed by atoms with van der Waals surface area (Å²) in [6.07, 6.45) is -4.79. The zero-order valence-electron chi connectivity index (χ0n) is 14.5. The molecule has 1 saturated heterocycles. The Kier molecular flexibility index (Phi) is 4.53. The Morgan fingerprint density at radius 2 is 1.77 bits per heavy atom. The zero-order chi connectivity index (χ0) is 19.3. The minimum Gasteiger partial charge on any atom is -0.345 e. The van der Waals surface area contributed by atoms with Crippen LogP contribution in [0.25, 0.3) is 0 Å². The van der Waals surface area contributed by atoms with Crippen LogP contribution in [0.5, 0.6) is 0 Å². The lowest BCUT2D eigenvalue weighted by Crippen LogP contribution is -2.45. The lowest BCUT2D eigenvalue weighted by atomic mass is 9.91. The lowest BCUT2D eigenvalue weighted by Gasteiger charge is -2.24. The molecule has 0 unspecified atom stereocenters. The van der Waals surface area contributed by atoms with Crippen molar-refractivity contribution >= 4 is 5.91 Å². The van der Waals surface area contributed by atoms with Gasteiger partial charge in [-0.25, -0.2) is 8.78 Å². The minimum atomic E-state index is -4.62. The maximum Gasteiger partial charge on any atom is 0.416 e. The highest BCUT2D eigenvalue weighted by atomic mass is 19.4. The van der Waals surface area contributed by atoms with Gasteiger partial charge >= 0.3 is 6.18 Å². The number of alkyl halides is 5. The van der Waals surface area contributed by atoms with E-state index in [-0.39, 0.29) is 24.1 Å². The lowest BCUT2D eigenvalue weighted by molar-refractivity contribution is -0.137. The summed E-state index contributed by atoms with van der Waals surface area (Å²) >= 11 is 0. The summed E-state index contributed by atoms with van der Waals surface area (Å²) < 4.78 is 67.3. The van der Waals surface area contributed by atoms with E-state index in [1.165, 1.54) is 19.9 Å².